The Morgan fingerprint density at radius 1 is 1.21 bits per heavy atom. The fourth-order valence-electron chi connectivity index (χ4n) is 2.67. The average molecular weight is 286 g/mol. The summed E-state index contributed by atoms with van der Waals surface area (Å²) in [6.07, 6.45) is 4.25. The number of carboxylic acids is 1. The Kier molecular flexibility index (Phi) is 4.60. The molecule has 0 aromatic carbocycles. The summed E-state index contributed by atoms with van der Waals surface area (Å²) >= 11 is 1.88. The first-order valence-corrected chi connectivity index (χ1v) is 8.11. The molecule has 2 aliphatic heterocycles. The van der Waals surface area contributed by atoms with Gasteiger partial charge in [0.25, 0.3) is 0 Å². The van der Waals surface area contributed by atoms with Crippen molar-refractivity contribution < 1.29 is 14.7 Å². The molecule has 0 aliphatic carbocycles. The van der Waals surface area contributed by atoms with Crippen molar-refractivity contribution in [3.05, 3.63) is 0 Å². The Morgan fingerprint density at radius 2 is 1.79 bits per heavy atom. The maximum absolute atomic E-state index is 12.2. The van der Waals surface area contributed by atoms with Gasteiger partial charge in [-0.3, -0.25) is 4.79 Å². The Labute approximate surface area is 118 Å². The summed E-state index contributed by atoms with van der Waals surface area (Å²) in [6, 6.07) is 0.0911. The largest absolute Gasteiger partial charge is 0.481 e. The number of nitrogens with zero attached hydrogens (tertiary/aromatic N) is 2. The number of aliphatic carboxylic acids is 1. The maximum atomic E-state index is 12.2. The average Bonchev–Trinajstić information content (AvgIpc) is 2.36. The van der Waals surface area contributed by atoms with Gasteiger partial charge in [0.1, 0.15) is 0 Å². The van der Waals surface area contributed by atoms with Gasteiger partial charge in [0.15, 0.2) is 0 Å². The Morgan fingerprint density at radius 3 is 2.26 bits per heavy atom. The molecule has 5 nitrogen and oxygen atoms in total. The minimum Gasteiger partial charge on any atom is -0.481 e. The first kappa shape index (κ1) is 14.5. The van der Waals surface area contributed by atoms with Crippen LogP contribution < -0.4 is 0 Å². The predicted molar refractivity (Wildman–Crippen MR) is 75.4 cm³/mol. The molecule has 2 saturated heterocycles. The minimum atomic E-state index is -0.766. The highest BCUT2D eigenvalue weighted by atomic mass is 32.2. The van der Waals surface area contributed by atoms with Crippen LogP contribution >= 0.6 is 11.8 Å². The highest BCUT2D eigenvalue weighted by molar-refractivity contribution is 7.99. The molecule has 19 heavy (non-hydrogen) atoms. The second kappa shape index (κ2) is 6.03. The van der Waals surface area contributed by atoms with Gasteiger partial charge in [-0.15, -0.1) is 0 Å². The van der Waals surface area contributed by atoms with Gasteiger partial charge < -0.3 is 14.9 Å². The zero-order valence-corrected chi connectivity index (χ0v) is 12.4. The lowest BCUT2D eigenvalue weighted by Gasteiger charge is -2.44. The van der Waals surface area contributed by atoms with Crippen LogP contribution in [-0.4, -0.2) is 64.6 Å². The topological polar surface area (TPSA) is 60.9 Å². The molecular formula is C13H22N2O3S. The van der Waals surface area contributed by atoms with Gasteiger partial charge in [0.05, 0.1) is 5.92 Å². The number of likely N-dealkylation sites (tertiary alicyclic amines) is 2. The Balaban J connectivity index is 1.76. The predicted octanol–water partition coefficient (Wildman–Crippen LogP) is 1.59. The summed E-state index contributed by atoms with van der Waals surface area (Å²) < 4.78 is 0. The van der Waals surface area contributed by atoms with E-state index >= 15 is 0 Å². The van der Waals surface area contributed by atoms with Crippen LogP contribution in [0.15, 0.2) is 0 Å². The third-order valence-electron chi connectivity index (χ3n) is 4.32. The number of urea groups is 1. The molecule has 0 saturated carbocycles. The van der Waals surface area contributed by atoms with Gasteiger partial charge in [-0.25, -0.2) is 4.79 Å². The van der Waals surface area contributed by atoms with E-state index in [-0.39, 0.29) is 17.9 Å². The van der Waals surface area contributed by atoms with E-state index in [1.165, 1.54) is 0 Å². The van der Waals surface area contributed by atoms with Crippen molar-refractivity contribution in [3.63, 3.8) is 0 Å². The summed E-state index contributed by atoms with van der Waals surface area (Å²) in [5.41, 5.74) is 0. The third-order valence-corrected chi connectivity index (χ3v) is 5.46. The number of thioether (sulfide) groups is 1. The monoisotopic (exact) mass is 286 g/mol. The van der Waals surface area contributed by atoms with E-state index in [0.29, 0.717) is 18.3 Å². The molecule has 6 heteroatoms. The smallest absolute Gasteiger partial charge is 0.320 e. The van der Waals surface area contributed by atoms with Crippen molar-refractivity contribution in [3.8, 4) is 0 Å². The zero-order valence-electron chi connectivity index (χ0n) is 11.5. The molecule has 2 rings (SSSR count). The highest BCUT2D eigenvalue weighted by Crippen LogP contribution is 2.27. The second-order valence-corrected chi connectivity index (χ2v) is 6.63. The van der Waals surface area contributed by atoms with E-state index < -0.39 is 5.97 Å². The molecule has 0 radical (unpaired) electrons. The second-order valence-electron chi connectivity index (χ2n) is 5.50. The first-order chi connectivity index (χ1) is 9.02. The summed E-state index contributed by atoms with van der Waals surface area (Å²) in [7, 11) is 0. The van der Waals surface area contributed by atoms with Crippen LogP contribution in [0.3, 0.4) is 0 Å². The van der Waals surface area contributed by atoms with E-state index in [2.05, 4.69) is 6.26 Å². The highest BCUT2D eigenvalue weighted by Gasteiger charge is 2.39. The summed E-state index contributed by atoms with van der Waals surface area (Å²) in [4.78, 5) is 26.8. The number of carbonyl (C=O) groups is 2. The Bertz CT molecular complexity index is 350. The van der Waals surface area contributed by atoms with Gasteiger partial charge in [0.2, 0.25) is 0 Å². The molecule has 1 N–H and O–H groups in total. The number of amides is 2. The SMILES string of the molecule is CSC1CCN(C(=O)N2CC(C(C)C(=O)O)C2)CC1. The molecule has 0 aromatic heterocycles. The van der Waals surface area contributed by atoms with Crippen molar-refractivity contribution >= 4 is 23.8 Å². The number of hydrogen-bond acceptors (Lipinski definition) is 3. The molecular weight excluding hydrogens is 264 g/mol. The fourth-order valence-corrected chi connectivity index (χ4v) is 3.35. The van der Waals surface area contributed by atoms with Gasteiger partial charge in [-0.2, -0.15) is 11.8 Å². The van der Waals surface area contributed by atoms with E-state index in [0.717, 1.165) is 25.9 Å². The van der Waals surface area contributed by atoms with Crippen molar-refractivity contribution in [1.29, 1.82) is 0 Å². The number of rotatable bonds is 3. The molecule has 1 atom stereocenters. The van der Waals surface area contributed by atoms with Crippen molar-refractivity contribution in [1.82, 2.24) is 9.80 Å². The fraction of sp³-hybridized carbons (Fsp3) is 0.846. The van der Waals surface area contributed by atoms with Crippen LogP contribution in [0.25, 0.3) is 0 Å². The number of carbonyl (C=O) groups excluding carboxylic acids is 1. The molecule has 1 unspecified atom stereocenters. The molecule has 108 valence electrons. The number of piperidine rings is 1. The summed E-state index contributed by atoms with van der Waals surface area (Å²) in [5.74, 6) is -1.01. The van der Waals surface area contributed by atoms with Gasteiger partial charge in [-0.05, 0) is 19.1 Å². The van der Waals surface area contributed by atoms with Crippen molar-refractivity contribution in [2.75, 3.05) is 32.4 Å². The molecule has 0 aromatic rings. The van der Waals surface area contributed by atoms with Crippen LogP contribution in [0.5, 0.6) is 0 Å². The first-order valence-electron chi connectivity index (χ1n) is 6.82. The van der Waals surface area contributed by atoms with Crippen LogP contribution in [0.4, 0.5) is 4.79 Å². The molecule has 2 amide bonds. The van der Waals surface area contributed by atoms with Crippen molar-refractivity contribution in [2.45, 2.75) is 25.0 Å². The number of carboxylic acid groups (broad SMARTS) is 1. The van der Waals surface area contributed by atoms with Crippen LogP contribution in [0.2, 0.25) is 0 Å². The van der Waals surface area contributed by atoms with E-state index in [9.17, 15) is 9.59 Å². The molecule has 0 bridgehead atoms. The molecule has 2 fully saturated rings. The molecule has 2 heterocycles. The maximum Gasteiger partial charge on any atom is 0.320 e. The van der Waals surface area contributed by atoms with Gasteiger partial charge >= 0.3 is 12.0 Å². The molecule has 0 spiro atoms. The lowest BCUT2D eigenvalue weighted by molar-refractivity contribution is -0.144. The minimum absolute atomic E-state index is 0.0911. The summed E-state index contributed by atoms with van der Waals surface area (Å²) in [6.45, 7) is 4.57. The zero-order chi connectivity index (χ0) is 14.0. The van der Waals surface area contributed by atoms with E-state index in [1.54, 1.807) is 11.8 Å². The molecule has 2 aliphatic rings. The van der Waals surface area contributed by atoms with Gasteiger partial charge in [0, 0.05) is 37.3 Å². The van der Waals surface area contributed by atoms with E-state index in [1.807, 2.05) is 16.7 Å². The third kappa shape index (κ3) is 3.16. The summed E-state index contributed by atoms with van der Waals surface area (Å²) in [5, 5.41) is 9.61. The lowest BCUT2D eigenvalue weighted by Crippen LogP contribution is -2.58. The van der Waals surface area contributed by atoms with E-state index in [4.69, 9.17) is 5.11 Å². The standard InChI is InChI=1S/C13H22N2O3S/c1-9(12(16)17)10-7-15(8-10)13(18)14-5-3-11(19-2)4-6-14/h9-11H,3-8H2,1-2H3,(H,16,17). The lowest BCUT2D eigenvalue weighted by atomic mass is 9.87. The van der Waals surface area contributed by atoms with Crippen molar-refractivity contribution in [2.24, 2.45) is 11.8 Å². The van der Waals surface area contributed by atoms with Crippen LogP contribution in [0, 0.1) is 11.8 Å². The number of hydrogen-bond donors (Lipinski definition) is 1. The quantitative estimate of drug-likeness (QED) is 0.856. The van der Waals surface area contributed by atoms with Crippen LogP contribution in [-0.2, 0) is 4.79 Å². The van der Waals surface area contributed by atoms with Crippen LogP contribution in [0.1, 0.15) is 19.8 Å². The van der Waals surface area contributed by atoms with Gasteiger partial charge in [-0.1, -0.05) is 6.92 Å². The normalized spacial score (nSPS) is 23.1. The Hall–Kier alpha value is -0.910.